The third-order valence-corrected chi connectivity index (χ3v) is 6.46. The molecule has 5 rings (SSSR count). The summed E-state index contributed by atoms with van der Waals surface area (Å²) in [6.45, 7) is 8.24. The smallest absolute Gasteiger partial charge is 0.234 e. The van der Waals surface area contributed by atoms with Crippen LogP contribution in [0.25, 0.3) is 16.9 Å². The largest absolute Gasteiger partial charge is 0.383 e. The van der Waals surface area contributed by atoms with E-state index < -0.39 is 5.41 Å². The number of likely N-dealkylation sites (N-methyl/N-ethyl adjacent to an activating group) is 1. The van der Waals surface area contributed by atoms with E-state index in [0.29, 0.717) is 18.1 Å². The van der Waals surface area contributed by atoms with Crippen LogP contribution in [-0.4, -0.2) is 52.1 Å². The number of imidazole rings is 1. The van der Waals surface area contributed by atoms with Gasteiger partial charge in [-0.1, -0.05) is 12.1 Å². The number of carbonyl (C=O) groups excluding carboxylic acids is 1. The Balaban J connectivity index is 1.45. The van der Waals surface area contributed by atoms with Gasteiger partial charge in [-0.3, -0.25) is 4.79 Å². The summed E-state index contributed by atoms with van der Waals surface area (Å²) in [5.41, 5.74) is 4.47. The van der Waals surface area contributed by atoms with Crippen molar-refractivity contribution in [2.24, 2.45) is 0 Å². The summed E-state index contributed by atoms with van der Waals surface area (Å²) in [5, 5.41) is 6.37. The number of nitrogens with zero attached hydrogens (tertiary/aromatic N) is 5. The molecule has 0 unspecified atom stereocenters. The van der Waals surface area contributed by atoms with Gasteiger partial charge in [-0.05, 0) is 44.5 Å². The van der Waals surface area contributed by atoms with Gasteiger partial charge in [-0.2, -0.15) is 0 Å². The normalized spacial score (nSPS) is 14.1. The molecule has 180 valence electrons. The van der Waals surface area contributed by atoms with E-state index in [9.17, 15) is 4.79 Å². The second-order valence-electron chi connectivity index (χ2n) is 9.07. The maximum Gasteiger partial charge on any atom is 0.234 e. The highest BCUT2D eigenvalue weighted by atomic mass is 16.5. The van der Waals surface area contributed by atoms with Gasteiger partial charge < -0.3 is 24.7 Å². The van der Waals surface area contributed by atoms with Gasteiger partial charge in [0, 0.05) is 50.0 Å². The number of fused-ring (bicyclic) bond motifs is 2. The number of ether oxygens (including phenoxy) is 1. The second kappa shape index (κ2) is 8.99. The van der Waals surface area contributed by atoms with Gasteiger partial charge in [0.2, 0.25) is 5.91 Å². The first-order valence-electron chi connectivity index (χ1n) is 11.7. The first-order chi connectivity index (χ1) is 16.9. The number of benzene rings is 1. The van der Waals surface area contributed by atoms with Crippen LogP contribution in [0.15, 0.2) is 55.1 Å². The highest BCUT2D eigenvalue weighted by Crippen LogP contribution is 2.39. The molecule has 0 atom stereocenters. The molecule has 4 heterocycles. The summed E-state index contributed by atoms with van der Waals surface area (Å²) in [5.74, 6) is 1.52. The third kappa shape index (κ3) is 4.19. The molecule has 0 spiro atoms. The zero-order valence-corrected chi connectivity index (χ0v) is 20.4. The predicted octanol–water partition coefficient (Wildman–Crippen LogP) is 4.24. The molecule has 0 fully saturated rings. The molecule has 0 saturated carbocycles. The number of hydrogen-bond acceptors (Lipinski definition) is 7. The molecular weight excluding hydrogens is 442 g/mol. The average molecular weight is 472 g/mol. The number of aromatic nitrogens is 4. The van der Waals surface area contributed by atoms with Gasteiger partial charge in [-0.15, -0.1) is 0 Å². The van der Waals surface area contributed by atoms with Crippen molar-refractivity contribution in [3.05, 3.63) is 60.7 Å². The number of amides is 1. The molecule has 9 nitrogen and oxygen atoms in total. The molecule has 9 heteroatoms. The Bertz CT molecular complexity index is 1380. The van der Waals surface area contributed by atoms with Crippen molar-refractivity contribution in [2.75, 3.05) is 42.3 Å². The van der Waals surface area contributed by atoms with Gasteiger partial charge in [0.05, 0.1) is 29.6 Å². The lowest BCUT2D eigenvalue weighted by Gasteiger charge is -2.21. The highest BCUT2D eigenvalue weighted by Gasteiger charge is 2.38. The van der Waals surface area contributed by atoms with Crippen molar-refractivity contribution in [1.29, 1.82) is 0 Å². The number of pyridine rings is 1. The number of hydrogen-bond donors (Lipinski definition) is 2. The molecule has 0 saturated heterocycles. The minimum Gasteiger partial charge on any atom is -0.383 e. The van der Waals surface area contributed by atoms with E-state index in [1.165, 1.54) is 0 Å². The third-order valence-electron chi connectivity index (χ3n) is 6.46. The number of anilines is 4. The zero-order valence-electron chi connectivity index (χ0n) is 20.4. The van der Waals surface area contributed by atoms with Crippen molar-refractivity contribution in [3.8, 4) is 11.3 Å². The van der Waals surface area contributed by atoms with E-state index in [4.69, 9.17) is 9.72 Å². The van der Waals surface area contributed by atoms with Crippen molar-refractivity contribution in [1.82, 2.24) is 19.4 Å². The highest BCUT2D eigenvalue weighted by molar-refractivity contribution is 6.06. The van der Waals surface area contributed by atoms with Crippen LogP contribution in [-0.2, 0) is 14.9 Å². The van der Waals surface area contributed by atoms with E-state index in [-0.39, 0.29) is 5.91 Å². The summed E-state index contributed by atoms with van der Waals surface area (Å²) >= 11 is 0. The molecule has 1 amide bonds. The number of rotatable bonds is 8. The molecule has 1 aliphatic heterocycles. The van der Waals surface area contributed by atoms with Crippen LogP contribution >= 0.6 is 0 Å². The Hall–Kier alpha value is -3.98. The fourth-order valence-electron chi connectivity index (χ4n) is 4.33. The molecule has 0 bridgehead atoms. The summed E-state index contributed by atoms with van der Waals surface area (Å²) in [6, 6.07) is 9.96. The predicted molar refractivity (Wildman–Crippen MR) is 137 cm³/mol. The lowest BCUT2D eigenvalue weighted by Crippen LogP contribution is -2.27. The quantitative estimate of drug-likeness (QED) is 0.397. The summed E-state index contributed by atoms with van der Waals surface area (Å²) in [6.07, 6.45) is 7.37. The average Bonchev–Trinajstić information content (AvgIpc) is 3.42. The Morgan fingerprint density at radius 2 is 2.06 bits per heavy atom. The minimum atomic E-state index is -0.543. The van der Waals surface area contributed by atoms with E-state index in [1.54, 1.807) is 19.5 Å². The standard InChI is InChI=1S/C26H29N7O2/c1-5-32(12-13-35-4)22-9-7-18(15-28-22)29-23-24-27-10-11-33(24)16-21(30-23)17-6-8-19-20(14-17)31-25(34)26(19,2)3/h6-11,14-16H,5,12-13H2,1-4H3,(H,29,30)(H,31,34). The molecule has 0 aliphatic carbocycles. The van der Waals surface area contributed by atoms with E-state index in [0.717, 1.165) is 47.1 Å². The number of nitrogens with one attached hydrogen (secondary N) is 2. The van der Waals surface area contributed by atoms with Gasteiger partial charge in [0.1, 0.15) is 5.82 Å². The summed E-state index contributed by atoms with van der Waals surface area (Å²) in [4.78, 5) is 28.5. The molecule has 1 aliphatic rings. The maximum absolute atomic E-state index is 12.4. The molecule has 35 heavy (non-hydrogen) atoms. The summed E-state index contributed by atoms with van der Waals surface area (Å²) in [7, 11) is 1.70. The van der Waals surface area contributed by atoms with E-state index >= 15 is 0 Å². The van der Waals surface area contributed by atoms with Crippen LogP contribution in [0.2, 0.25) is 0 Å². The van der Waals surface area contributed by atoms with Crippen LogP contribution in [0.5, 0.6) is 0 Å². The fraction of sp³-hybridized carbons (Fsp3) is 0.308. The van der Waals surface area contributed by atoms with Crippen LogP contribution in [0.3, 0.4) is 0 Å². The zero-order chi connectivity index (χ0) is 24.6. The number of methoxy groups -OCH3 is 1. The molecule has 2 N–H and O–H groups in total. The van der Waals surface area contributed by atoms with Gasteiger partial charge in [0.15, 0.2) is 11.5 Å². The number of carbonyl (C=O) groups is 1. The first-order valence-corrected chi connectivity index (χ1v) is 11.7. The van der Waals surface area contributed by atoms with Crippen LogP contribution < -0.4 is 15.5 Å². The van der Waals surface area contributed by atoms with Crippen molar-refractivity contribution in [3.63, 3.8) is 0 Å². The Kier molecular flexibility index (Phi) is 5.86. The summed E-state index contributed by atoms with van der Waals surface area (Å²) < 4.78 is 7.14. The first kappa shape index (κ1) is 22.8. The Morgan fingerprint density at radius 1 is 1.20 bits per heavy atom. The molecule has 0 radical (unpaired) electrons. The van der Waals surface area contributed by atoms with Crippen molar-refractivity contribution in [2.45, 2.75) is 26.2 Å². The Morgan fingerprint density at radius 3 is 2.80 bits per heavy atom. The maximum atomic E-state index is 12.4. The Labute approximate surface area is 204 Å². The van der Waals surface area contributed by atoms with Crippen molar-refractivity contribution < 1.29 is 9.53 Å². The molecule has 1 aromatic carbocycles. The topological polar surface area (TPSA) is 96.7 Å². The molecule has 3 aromatic heterocycles. The van der Waals surface area contributed by atoms with E-state index in [2.05, 4.69) is 32.4 Å². The fourth-order valence-corrected chi connectivity index (χ4v) is 4.33. The van der Waals surface area contributed by atoms with Gasteiger partial charge in [-0.25, -0.2) is 15.0 Å². The van der Waals surface area contributed by atoms with Crippen LogP contribution in [0, 0.1) is 0 Å². The van der Waals surface area contributed by atoms with Gasteiger partial charge in [0.25, 0.3) is 0 Å². The van der Waals surface area contributed by atoms with Crippen LogP contribution in [0.1, 0.15) is 26.3 Å². The van der Waals surface area contributed by atoms with Gasteiger partial charge >= 0.3 is 0 Å². The van der Waals surface area contributed by atoms with Crippen LogP contribution in [0.4, 0.5) is 23.0 Å². The lowest BCUT2D eigenvalue weighted by molar-refractivity contribution is -0.119. The van der Waals surface area contributed by atoms with Crippen molar-refractivity contribution >= 4 is 34.6 Å². The molecular formula is C26H29N7O2. The van der Waals surface area contributed by atoms with E-state index in [1.807, 2.05) is 61.0 Å². The second-order valence-corrected chi connectivity index (χ2v) is 9.07. The molecule has 4 aromatic rings. The monoisotopic (exact) mass is 471 g/mol. The SMILES string of the molecule is CCN(CCOC)c1ccc(Nc2nc(-c3ccc4c(c3)NC(=O)C4(C)C)cn3ccnc23)cn1. The lowest BCUT2D eigenvalue weighted by atomic mass is 9.86. The minimum absolute atomic E-state index is 0.00447.